The van der Waals surface area contributed by atoms with Crippen LogP contribution in [0.25, 0.3) is 0 Å². The number of hydrogen-bond acceptors (Lipinski definition) is 4. The van der Waals surface area contributed by atoms with Crippen molar-refractivity contribution < 1.29 is 24.8 Å². The fraction of sp³-hybridized carbons (Fsp3) is 0.789. The summed E-state index contributed by atoms with van der Waals surface area (Å²) in [5.41, 5.74) is 0. The maximum Gasteiger partial charge on any atom is 0.189 e. The molecule has 0 radical (unpaired) electrons. The molecule has 1 aliphatic carbocycles. The lowest BCUT2D eigenvalue weighted by molar-refractivity contribution is 0.120. The van der Waals surface area contributed by atoms with E-state index in [9.17, 15) is 19.9 Å². The number of aliphatic hydroxyl groups excluding tert-OH is 3. The monoisotopic (exact) mass is 374 g/mol. The van der Waals surface area contributed by atoms with Crippen LogP contribution >= 0.6 is 8.03 Å². The number of allylic oxidation sites excluding steroid dienone is 2. The zero-order valence-corrected chi connectivity index (χ0v) is 16.3. The largest absolute Gasteiger partial charge is 0.393 e. The van der Waals surface area contributed by atoms with E-state index in [0.29, 0.717) is 25.4 Å². The molecule has 1 aliphatic rings. The molecule has 0 aromatic carbocycles. The van der Waals surface area contributed by atoms with Crippen LogP contribution in [0.4, 0.5) is 0 Å². The Morgan fingerprint density at radius 2 is 1.92 bits per heavy atom. The number of unbranched alkanes of at least 4 members (excludes halogenated alkanes) is 3. The normalized spacial score (nSPS) is 29.6. The van der Waals surface area contributed by atoms with Crippen molar-refractivity contribution in [3.8, 4) is 0 Å². The van der Waals surface area contributed by atoms with Gasteiger partial charge in [0.2, 0.25) is 0 Å². The molecule has 0 bridgehead atoms. The van der Waals surface area contributed by atoms with Gasteiger partial charge < -0.3 is 20.2 Å². The molecule has 6 heteroatoms. The van der Waals surface area contributed by atoms with Gasteiger partial charge in [0, 0.05) is 18.5 Å². The van der Waals surface area contributed by atoms with E-state index in [1.165, 1.54) is 0 Å². The first-order valence-electron chi connectivity index (χ1n) is 9.55. The standard InChI is InChI=1S/C19H35O5P/c1-2-3-6-9-15(20)11-12-17-16(18(21)14-19(17)22)10-7-4-5-8-13-25(23)24/h4,7,11-12,15-22,25H,2-3,5-6,8-10,13-14H2,1H3,(H,23,24)/b7-4-,12-11+/t15?,16-,17-,18+,19-/m1/s1. The number of rotatable bonds is 12. The fourth-order valence-electron chi connectivity index (χ4n) is 3.41. The Bertz CT molecular complexity index is 438. The molecule has 0 heterocycles. The van der Waals surface area contributed by atoms with Crippen molar-refractivity contribution >= 4 is 8.03 Å². The smallest absolute Gasteiger partial charge is 0.189 e. The van der Waals surface area contributed by atoms with Crippen molar-refractivity contribution in [2.24, 2.45) is 11.8 Å². The van der Waals surface area contributed by atoms with E-state index in [1.54, 1.807) is 6.08 Å². The first-order chi connectivity index (χ1) is 12.0. The van der Waals surface area contributed by atoms with Gasteiger partial charge in [-0.05, 0) is 31.6 Å². The molecule has 0 aromatic rings. The second-order valence-corrected chi connectivity index (χ2v) is 8.34. The molecular weight excluding hydrogens is 339 g/mol. The highest BCUT2D eigenvalue weighted by atomic mass is 31.1. The summed E-state index contributed by atoms with van der Waals surface area (Å²) >= 11 is 0. The Morgan fingerprint density at radius 3 is 2.60 bits per heavy atom. The SMILES string of the molecule is CCCCCC(O)/C=C/[C@@H]1[C@@H](C/C=C\CCC[PH](=O)O)[C@@H](O)C[C@H]1O. The van der Waals surface area contributed by atoms with Gasteiger partial charge in [-0.2, -0.15) is 0 Å². The molecule has 6 atom stereocenters. The molecule has 0 spiro atoms. The highest BCUT2D eigenvalue weighted by Gasteiger charge is 2.39. The molecule has 2 unspecified atom stereocenters. The second kappa shape index (κ2) is 12.8. The fourth-order valence-corrected chi connectivity index (χ4v) is 3.91. The second-order valence-electron chi connectivity index (χ2n) is 7.05. The Labute approximate surface area is 152 Å². The predicted molar refractivity (Wildman–Crippen MR) is 102 cm³/mol. The van der Waals surface area contributed by atoms with Gasteiger partial charge in [-0.3, -0.25) is 4.57 Å². The summed E-state index contributed by atoms with van der Waals surface area (Å²) in [6.07, 6.45) is 12.7. The maximum absolute atomic E-state index is 10.6. The quantitative estimate of drug-likeness (QED) is 0.239. The van der Waals surface area contributed by atoms with Gasteiger partial charge in [-0.1, -0.05) is 50.5 Å². The van der Waals surface area contributed by atoms with Crippen molar-refractivity contribution in [2.75, 3.05) is 6.16 Å². The van der Waals surface area contributed by atoms with Gasteiger partial charge in [0.1, 0.15) is 0 Å². The molecule has 0 aromatic heterocycles. The number of aliphatic hydroxyl groups is 3. The number of hydrogen-bond donors (Lipinski definition) is 4. The third-order valence-electron chi connectivity index (χ3n) is 4.91. The lowest BCUT2D eigenvalue weighted by Gasteiger charge is -2.19. The van der Waals surface area contributed by atoms with E-state index in [1.807, 2.05) is 18.2 Å². The summed E-state index contributed by atoms with van der Waals surface area (Å²) < 4.78 is 10.6. The van der Waals surface area contributed by atoms with Crippen LogP contribution in [0.1, 0.15) is 58.3 Å². The minimum Gasteiger partial charge on any atom is -0.393 e. The molecule has 1 saturated carbocycles. The molecule has 4 N–H and O–H groups in total. The van der Waals surface area contributed by atoms with Crippen molar-refractivity contribution in [2.45, 2.75) is 76.6 Å². The Balaban J connectivity index is 2.46. The van der Waals surface area contributed by atoms with E-state index in [-0.39, 0.29) is 11.8 Å². The summed E-state index contributed by atoms with van der Waals surface area (Å²) in [5, 5.41) is 30.4. The van der Waals surface area contributed by atoms with Crippen molar-refractivity contribution in [3.05, 3.63) is 24.3 Å². The molecule has 1 fully saturated rings. The average molecular weight is 374 g/mol. The summed E-state index contributed by atoms with van der Waals surface area (Å²) in [7, 11) is -2.38. The van der Waals surface area contributed by atoms with E-state index in [2.05, 4.69) is 6.92 Å². The van der Waals surface area contributed by atoms with Gasteiger partial charge in [-0.25, -0.2) is 0 Å². The van der Waals surface area contributed by atoms with Crippen LogP contribution in [0, 0.1) is 11.8 Å². The molecule has 25 heavy (non-hydrogen) atoms. The maximum atomic E-state index is 10.6. The van der Waals surface area contributed by atoms with Crippen molar-refractivity contribution in [1.29, 1.82) is 0 Å². The lowest BCUT2D eigenvalue weighted by atomic mass is 9.89. The van der Waals surface area contributed by atoms with Crippen LogP contribution in [0.2, 0.25) is 0 Å². The minimum atomic E-state index is -2.38. The molecule has 5 nitrogen and oxygen atoms in total. The molecule has 1 rings (SSSR count). The van der Waals surface area contributed by atoms with E-state index >= 15 is 0 Å². The first-order valence-corrected chi connectivity index (χ1v) is 11.1. The van der Waals surface area contributed by atoms with Crippen LogP contribution in [0.5, 0.6) is 0 Å². The summed E-state index contributed by atoms with van der Waals surface area (Å²) in [4.78, 5) is 8.79. The highest BCUT2D eigenvalue weighted by molar-refractivity contribution is 7.37. The van der Waals surface area contributed by atoms with Crippen LogP contribution < -0.4 is 0 Å². The molecule has 146 valence electrons. The molecule has 0 aliphatic heterocycles. The van der Waals surface area contributed by atoms with Gasteiger partial charge in [0.15, 0.2) is 8.03 Å². The summed E-state index contributed by atoms with van der Waals surface area (Å²) in [6, 6.07) is 0. The van der Waals surface area contributed by atoms with E-state index < -0.39 is 26.3 Å². The topological polar surface area (TPSA) is 98.0 Å². The van der Waals surface area contributed by atoms with Gasteiger partial charge in [0.25, 0.3) is 0 Å². The summed E-state index contributed by atoms with van der Waals surface area (Å²) in [5.74, 6) is -0.198. The summed E-state index contributed by atoms with van der Waals surface area (Å²) in [6.45, 7) is 2.13. The third-order valence-corrected chi connectivity index (χ3v) is 5.69. The van der Waals surface area contributed by atoms with E-state index in [0.717, 1.165) is 32.1 Å². The van der Waals surface area contributed by atoms with Crippen molar-refractivity contribution in [1.82, 2.24) is 0 Å². The average Bonchev–Trinajstić information content (AvgIpc) is 2.82. The van der Waals surface area contributed by atoms with Crippen LogP contribution in [-0.4, -0.2) is 44.7 Å². The van der Waals surface area contributed by atoms with Crippen LogP contribution in [-0.2, 0) is 4.57 Å². The van der Waals surface area contributed by atoms with Gasteiger partial charge in [-0.15, -0.1) is 0 Å². The Hall–Kier alpha value is -0.450. The van der Waals surface area contributed by atoms with E-state index in [4.69, 9.17) is 4.89 Å². The predicted octanol–water partition coefficient (Wildman–Crippen LogP) is 3.04. The Morgan fingerprint density at radius 1 is 1.16 bits per heavy atom. The molecular formula is C19H35O5P. The van der Waals surface area contributed by atoms with Crippen molar-refractivity contribution in [3.63, 3.8) is 0 Å². The van der Waals surface area contributed by atoms with Crippen LogP contribution in [0.15, 0.2) is 24.3 Å². The Kier molecular flexibility index (Phi) is 11.6. The zero-order valence-electron chi connectivity index (χ0n) is 15.3. The molecule has 0 saturated heterocycles. The van der Waals surface area contributed by atoms with Crippen LogP contribution in [0.3, 0.4) is 0 Å². The van der Waals surface area contributed by atoms with Gasteiger partial charge >= 0.3 is 0 Å². The highest BCUT2D eigenvalue weighted by Crippen LogP contribution is 2.36. The molecule has 0 amide bonds. The zero-order chi connectivity index (χ0) is 18.7. The lowest BCUT2D eigenvalue weighted by Crippen LogP contribution is -2.20. The van der Waals surface area contributed by atoms with Gasteiger partial charge in [0.05, 0.1) is 18.3 Å². The first kappa shape index (κ1) is 22.6. The minimum absolute atomic E-state index is 0.0534. The third kappa shape index (κ3) is 9.16.